The van der Waals surface area contributed by atoms with Gasteiger partial charge in [-0.1, -0.05) is 0 Å². The normalized spacial score (nSPS) is 11.4. The highest BCUT2D eigenvalue weighted by molar-refractivity contribution is 9.13. The minimum absolute atomic E-state index is 0.606. The number of anilines is 2. The first kappa shape index (κ1) is 14.6. The van der Waals surface area contributed by atoms with Crippen molar-refractivity contribution in [3.8, 4) is 0 Å². The van der Waals surface area contributed by atoms with Crippen LogP contribution < -0.4 is 11.5 Å². The Morgan fingerprint density at radius 1 is 0.500 bits per heavy atom. The summed E-state index contributed by atoms with van der Waals surface area (Å²) in [6.45, 7) is 0. The Labute approximate surface area is 149 Å². The van der Waals surface area contributed by atoms with Crippen LogP contribution in [0.4, 0.5) is 11.4 Å². The van der Waals surface area contributed by atoms with Gasteiger partial charge in [0.15, 0.2) is 0 Å². The molecule has 6 heteroatoms. The van der Waals surface area contributed by atoms with Gasteiger partial charge in [-0.3, -0.25) is 0 Å². The fraction of sp³-hybridized carbons (Fsp3) is 0. The quantitative estimate of drug-likeness (QED) is 0.209. The Morgan fingerprint density at radius 2 is 0.750 bits per heavy atom. The minimum Gasteiger partial charge on any atom is -0.397 e. The molecule has 0 aliphatic heterocycles. The Morgan fingerprint density at radius 3 is 1.05 bits per heavy atom. The predicted octanol–water partition coefficient (Wildman–Crippen LogP) is 6.21. The van der Waals surface area contributed by atoms with Crippen molar-refractivity contribution in [2.45, 2.75) is 0 Å². The first-order valence-corrected chi connectivity index (χ1v) is 8.81. The third-order valence-corrected chi connectivity index (χ3v) is 6.97. The van der Waals surface area contributed by atoms with Crippen molar-refractivity contribution < 1.29 is 0 Å². The number of benzene rings is 3. The fourth-order valence-corrected chi connectivity index (χ4v) is 3.65. The molecule has 0 aromatic heterocycles. The summed E-state index contributed by atoms with van der Waals surface area (Å²) in [6, 6.07) is 8.08. The maximum absolute atomic E-state index is 6.20. The molecule has 0 aliphatic carbocycles. The summed E-state index contributed by atoms with van der Waals surface area (Å²) in [5.41, 5.74) is 13.6. The van der Waals surface area contributed by atoms with Crippen molar-refractivity contribution in [2.75, 3.05) is 11.5 Å². The number of rotatable bonds is 0. The van der Waals surface area contributed by atoms with Gasteiger partial charge in [0, 0.05) is 28.7 Å². The number of hydrogen-bond donors (Lipinski definition) is 2. The molecule has 0 fully saturated rings. The average Bonchev–Trinajstić information content (AvgIpc) is 2.41. The summed E-state index contributed by atoms with van der Waals surface area (Å²) in [5, 5.41) is 4.02. The van der Waals surface area contributed by atoms with Crippen LogP contribution in [0.1, 0.15) is 0 Å². The van der Waals surface area contributed by atoms with E-state index in [4.69, 9.17) is 11.5 Å². The van der Waals surface area contributed by atoms with Gasteiger partial charge in [-0.25, -0.2) is 0 Å². The number of fused-ring (bicyclic) bond motifs is 3. The Hall–Kier alpha value is -0.300. The number of nitrogens with two attached hydrogens (primary N) is 2. The molecule has 0 spiro atoms. The third-order valence-electron chi connectivity index (χ3n) is 3.28. The van der Waals surface area contributed by atoms with E-state index in [1.54, 1.807) is 0 Å². The molecule has 0 bridgehead atoms. The molecule has 20 heavy (non-hydrogen) atoms. The zero-order valence-corrected chi connectivity index (χ0v) is 16.3. The van der Waals surface area contributed by atoms with E-state index in [1.165, 1.54) is 0 Å². The van der Waals surface area contributed by atoms with Crippen LogP contribution >= 0.6 is 63.7 Å². The Kier molecular flexibility index (Phi) is 3.77. The van der Waals surface area contributed by atoms with E-state index in [0.29, 0.717) is 11.4 Å². The van der Waals surface area contributed by atoms with Gasteiger partial charge in [0.2, 0.25) is 0 Å². The molecular weight excluding hydrogens is 516 g/mol. The SMILES string of the molecule is Nc1c(N)c2cc(Br)c(Br)cc2c2cc(Br)c(Br)cc12. The fourth-order valence-electron chi connectivity index (χ4n) is 2.28. The maximum atomic E-state index is 6.20. The zero-order valence-electron chi connectivity index (χ0n) is 9.98. The highest BCUT2D eigenvalue weighted by atomic mass is 79.9. The summed E-state index contributed by atoms with van der Waals surface area (Å²) in [7, 11) is 0. The highest BCUT2D eigenvalue weighted by Gasteiger charge is 2.13. The molecule has 3 aromatic rings. The zero-order chi connectivity index (χ0) is 14.6. The lowest BCUT2D eigenvalue weighted by atomic mass is 9.99. The molecule has 0 saturated heterocycles. The van der Waals surface area contributed by atoms with Crippen molar-refractivity contribution in [3.63, 3.8) is 0 Å². The minimum atomic E-state index is 0.606. The summed E-state index contributed by atoms with van der Waals surface area (Å²) in [4.78, 5) is 0. The van der Waals surface area contributed by atoms with Gasteiger partial charge in [-0.05, 0) is 98.8 Å². The second-order valence-electron chi connectivity index (χ2n) is 4.45. The largest absolute Gasteiger partial charge is 0.397 e. The highest BCUT2D eigenvalue weighted by Crippen LogP contribution is 2.42. The molecule has 0 heterocycles. The predicted molar refractivity (Wildman–Crippen MR) is 101 cm³/mol. The van der Waals surface area contributed by atoms with Crippen LogP contribution in [0.5, 0.6) is 0 Å². The first-order valence-electron chi connectivity index (χ1n) is 5.64. The van der Waals surface area contributed by atoms with Gasteiger partial charge in [0.25, 0.3) is 0 Å². The molecule has 102 valence electrons. The van der Waals surface area contributed by atoms with Gasteiger partial charge < -0.3 is 11.5 Å². The smallest absolute Gasteiger partial charge is 0.0634 e. The van der Waals surface area contributed by atoms with Crippen LogP contribution in [-0.4, -0.2) is 0 Å². The third kappa shape index (κ3) is 2.17. The van der Waals surface area contributed by atoms with Crippen LogP contribution in [-0.2, 0) is 0 Å². The standard InChI is InChI=1S/C14H8Br4N2/c15-9-1-5-6-2-10(16)12(18)4-8(6)14(20)13(19)7(5)3-11(9)17/h1-4H,19-20H2. The van der Waals surface area contributed by atoms with Crippen molar-refractivity contribution in [1.82, 2.24) is 0 Å². The molecule has 0 aliphatic rings. The molecule has 4 N–H and O–H groups in total. The van der Waals surface area contributed by atoms with Crippen LogP contribution in [0.2, 0.25) is 0 Å². The first-order chi connectivity index (χ1) is 9.40. The van der Waals surface area contributed by atoms with Gasteiger partial charge >= 0.3 is 0 Å². The van der Waals surface area contributed by atoms with Gasteiger partial charge in [0.05, 0.1) is 11.4 Å². The van der Waals surface area contributed by atoms with Gasteiger partial charge in [-0.2, -0.15) is 0 Å². The molecule has 0 unspecified atom stereocenters. The maximum Gasteiger partial charge on any atom is 0.0634 e. The van der Waals surface area contributed by atoms with Crippen molar-refractivity contribution in [3.05, 3.63) is 42.2 Å². The summed E-state index contributed by atoms with van der Waals surface area (Å²) >= 11 is 14.1. The van der Waals surface area contributed by atoms with Gasteiger partial charge in [-0.15, -0.1) is 0 Å². The van der Waals surface area contributed by atoms with E-state index in [-0.39, 0.29) is 0 Å². The number of nitrogen functional groups attached to an aromatic ring is 2. The topological polar surface area (TPSA) is 52.0 Å². The van der Waals surface area contributed by atoms with E-state index < -0.39 is 0 Å². The van der Waals surface area contributed by atoms with Crippen LogP contribution in [0, 0.1) is 0 Å². The van der Waals surface area contributed by atoms with Crippen LogP contribution in [0.15, 0.2) is 42.2 Å². The Balaban J connectivity index is 2.64. The van der Waals surface area contributed by atoms with Crippen LogP contribution in [0.25, 0.3) is 21.5 Å². The second-order valence-corrected chi connectivity index (χ2v) is 7.87. The molecule has 3 aromatic carbocycles. The van der Waals surface area contributed by atoms with E-state index >= 15 is 0 Å². The lowest BCUT2D eigenvalue weighted by molar-refractivity contribution is 1.63. The summed E-state index contributed by atoms with van der Waals surface area (Å²) in [6.07, 6.45) is 0. The average molecular weight is 524 g/mol. The molecule has 0 amide bonds. The van der Waals surface area contributed by atoms with Crippen molar-refractivity contribution in [2.24, 2.45) is 0 Å². The lowest BCUT2D eigenvalue weighted by Crippen LogP contribution is -1.98. The molecule has 2 nitrogen and oxygen atoms in total. The second kappa shape index (κ2) is 5.16. The number of halogens is 4. The van der Waals surface area contributed by atoms with Crippen LogP contribution in [0.3, 0.4) is 0 Å². The van der Waals surface area contributed by atoms with Crippen molar-refractivity contribution in [1.29, 1.82) is 0 Å². The number of hydrogen-bond acceptors (Lipinski definition) is 2. The van der Waals surface area contributed by atoms with Crippen molar-refractivity contribution >= 4 is 96.6 Å². The molecule has 0 atom stereocenters. The molecular formula is C14H8Br4N2. The van der Waals surface area contributed by atoms with E-state index in [0.717, 1.165) is 39.4 Å². The van der Waals surface area contributed by atoms with Gasteiger partial charge in [0.1, 0.15) is 0 Å². The Bertz CT molecular complexity index is 802. The summed E-state index contributed by atoms with van der Waals surface area (Å²) < 4.78 is 3.86. The monoisotopic (exact) mass is 520 g/mol. The van der Waals surface area contributed by atoms with E-state index in [1.807, 2.05) is 12.1 Å². The molecule has 3 rings (SSSR count). The summed E-state index contributed by atoms with van der Waals surface area (Å²) in [5.74, 6) is 0. The van der Waals surface area contributed by atoms with E-state index in [2.05, 4.69) is 75.9 Å². The lowest BCUT2D eigenvalue weighted by Gasteiger charge is -2.13. The molecule has 0 radical (unpaired) electrons. The van der Waals surface area contributed by atoms with E-state index in [9.17, 15) is 0 Å². The molecule has 0 saturated carbocycles.